The van der Waals surface area contributed by atoms with E-state index in [-0.39, 0.29) is 43.7 Å². The predicted molar refractivity (Wildman–Crippen MR) is 151 cm³/mol. The molecular weight excluding hydrogens is 504 g/mol. The first-order valence-electron chi connectivity index (χ1n) is 12.2. The normalized spacial score (nSPS) is 16.8. The van der Waals surface area contributed by atoms with E-state index in [0.29, 0.717) is 6.54 Å². The fourth-order valence-electron chi connectivity index (χ4n) is 3.95. The third-order valence-corrected chi connectivity index (χ3v) is 7.12. The van der Waals surface area contributed by atoms with Gasteiger partial charge in [0, 0.05) is 33.7 Å². The van der Waals surface area contributed by atoms with Crippen molar-refractivity contribution >= 4 is 29.1 Å². The van der Waals surface area contributed by atoms with Gasteiger partial charge >= 0.3 is 0 Å². The minimum atomic E-state index is -0.789. The van der Waals surface area contributed by atoms with Crippen molar-refractivity contribution in [3.05, 3.63) is 67.3 Å². The van der Waals surface area contributed by atoms with E-state index in [1.54, 1.807) is 25.3 Å². The van der Waals surface area contributed by atoms with Gasteiger partial charge in [0.1, 0.15) is 12.1 Å². The molecule has 1 fully saturated rings. The van der Waals surface area contributed by atoms with Crippen molar-refractivity contribution < 1.29 is 24.2 Å². The van der Waals surface area contributed by atoms with Crippen LogP contribution in [0.25, 0.3) is 10.4 Å². The topological polar surface area (TPSA) is 112 Å². The quantitative estimate of drug-likeness (QED) is 0.469. The third kappa shape index (κ3) is 8.61. The number of likely N-dealkylation sites (N-methyl/N-ethyl adjacent to an activating group) is 1. The van der Waals surface area contributed by atoms with Crippen molar-refractivity contribution in [1.82, 2.24) is 20.1 Å². The number of hydrogen-bond acceptors (Lipinski definition) is 7. The van der Waals surface area contributed by atoms with Crippen LogP contribution in [0.1, 0.15) is 31.0 Å². The van der Waals surface area contributed by atoms with Gasteiger partial charge in [-0.25, -0.2) is 4.98 Å². The average Bonchev–Trinajstić information content (AvgIpc) is 3.56. The van der Waals surface area contributed by atoms with Crippen LogP contribution in [0.15, 0.2) is 56.1 Å². The van der Waals surface area contributed by atoms with E-state index >= 15 is 0 Å². The van der Waals surface area contributed by atoms with E-state index in [0.717, 1.165) is 21.7 Å². The molecule has 3 atom stereocenters. The summed E-state index contributed by atoms with van der Waals surface area (Å²) in [4.78, 5) is 46.4. The Bertz CT molecular complexity index is 1040. The molecule has 9 nitrogen and oxygen atoms in total. The Hall–Kier alpha value is -3.34. The number of carbonyl (C=O) groups is 3. The second-order valence-corrected chi connectivity index (χ2v) is 9.36. The zero-order valence-electron chi connectivity index (χ0n) is 22.8. The number of amides is 3. The number of aliphatic hydroxyl groups excluding tert-OH is 1. The maximum Gasteiger partial charge on any atom is 0.245 e. The summed E-state index contributed by atoms with van der Waals surface area (Å²) in [7, 11) is 3.06. The average molecular weight is 545 g/mol. The van der Waals surface area contributed by atoms with Gasteiger partial charge in [-0.15, -0.1) is 37.7 Å². The van der Waals surface area contributed by atoms with Crippen molar-refractivity contribution in [2.45, 2.75) is 51.4 Å². The zero-order valence-corrected chi connectivity index (χ0v) is 23.6. The highest BCUT2D eigenvalue weighted by Gasteiger charge is 2.41. The standard InChI is InChI=1S/C24H32N4O5S.2C2H4/c1-15-22(34-14-26-15)18-7-5-17(6-8-18)12-25-23(31)20-11-19(29)13-28(20)24(32)16(2)27(3)21(30)9-10-33-4;2*1-2/h5-8,14,16,19-20,29H,9-13H2,1-4H3,(H,25,31);2*1-2H2/t16-,19+,20?;;/m0../s1. The number of rotatable bonds is 9. The minimum absolute atomic E-state index is 0.0598. The number of ether oxygens (including phenoxy) is 1. The van der Waals surface area contributed by atoms with E-state index in [9.17, 15) is 19.5 Å². The van der Waals surface area contributed by atoms with Crippen LogP contribution in [0.3, 0.4) is 0 Å². The largest absolute Gasteiger partial charge is 0.391 e. The summed E-state index contributed by atoms with van der Waals surface area (Å²) < 4.78 is 4.93. The first-order chi connectivity index (χ1) is 18.2. The Morgan fingerprint density at radius 3 is 2.42 bits per heavy atom. The number of benzene rings is 1. The lowest BCUT2D eigenvalue weighted by molar-refractivity contribution is -0.147. The van der Waals surface area contributed by atoms with Gasteiger partial charge in [0.25, 0.3) is 0 Å². The van der Waals surface area contributed by atoms with Crippen molar-refractivity contribution in [1.29, 1.82) is 0 Å². The molecule has 38 heavy (non-hydrogen) atoms. The summed E-state index contributed by atoms with van der Waals surface area (Å²) in [6, 6.07) is 6.34. The zero-order chi connectivity index (χ0) is 28.8. The smallest absolute Gasteiger partial charge is 0.245 e. The Labute approximate surface area is 229 Å². The minimum Gasteiger partial charge on any atom is -0.391 e. The summed E-state index contributed by atoms with van der Waals surface area (Å²) in [6.07, 6.45) is -0.461. The molecule has 1 aromatic heterocycles. The van der Waals surface area contributed by atoms with Crippen molar-refractivity contribution in [3.8, 4) is 10.4 Å². The molecule has 2 N–H and O–H groups in total. The molecule has 1 aliphatic heterocycles. The number of aromatic nitrogens is 1. The van der Waals surface area contributed by atoms with Gasteiger partial charge in [0.2, 0.25) is 17.7 Å². The number of nitrogens with one attached hydrogen (secondary N) is 1. The lowest BCUT2D eigenvalue weighted by Crippen LogP contribution is -2.53. The maximum absolute atomic E-state index is 13.1. The molecule has 0 radical (unpaired) electrons. The number of hydrogen-bond donors (Lipinski definition) is 2. The van der Waals surface area contributed by atoms with E-state index < -0.39 is 18.2 Å². The SMILES string of the molecule is C=C.C=C.COCCC(=O)N(C)[C@@H](C)C(=O)N1C[C@H](O)CC1C(=O)NCc1ccc(-c2scnc2C)cc1. The molecule has 0 spiro atoms. The number of carbonyl (C=O) groups excluding carboxylic acids is 3. The molecule has 1 unspecified atom stereocenters. The number of β-amino-alcohol motifs (C(OH)–C–C–N with tert-alkyl or cyclic N) is 1. The van der Waals surface area contributed by atoms with E-state index in [1.165, 1.54) is 16.9 Å². The van der Waals surface area contributed by atoms with E-state index in [2.05, 4.69) is 36.6 Å². The Morgan fingerprint density at radius 1 is 1.24 bits per heavy atom. The molecular formula is C28H40N4O5S. The molecule has 0 bridgehead atoms. The Balaban J connectivity index is 0.00000172. The van der Waals surface area contributed by atoms with Crippen LogP contribution in [0.4, 0.5) is 0 Å². The van der Waals surface area contributed by atoms with Gasteiger partial charge in [-0.2, -0.15) is 0 Å². The molecule has 3 amide bonds. The van der Waals surface area contributed by atoms with Gasteiger partial charge in [-0.05, 0) is 25.0 Å². The van der Waals surface area contributed by atoms with Crippen LogP contribution < -0.4 is 5.32 Å². The highest BCUT2D eigenvalue weighted by atomic mass is 32.1. The number of aryl methyl sites for hydroxylation is 1. The molecule has 1 aliphatic rings. The molecule has 2 aromatic rings. The third-order valence-electron chi connectivity index (χ3n) is 6.14. The van der Waals surface area contributed by atoms with E-state index in [1.807, 2.05) is 36.7 Å². The van der Waals surface area contributed by atoms with Crippen LogP contribution >= 0.6 is 11.3 Å². The monoisotopic (exact) mass is 544 g/mol. The second-order valence-electron chi connectivity index (χ2n) is 8.50. The molecule has 1 saturated heterocycles. The Morgan fingerprint density at radius 2 is 1.87 bits per heavy atom. The van der Waals surface area contributed by atoms with Crippen molar-refractivity contribution in [2.75, 3.05) is 27.3 Å². The van der Waals surface area contributed by atoms with Crippen LogP contribution in [-0.2, 0) is 25.7 Å². The van der Waals surface area contributed by atoms with Crippen LogP contribution in [-0.4, -0.2) is 83.1 Å². The first kappa shape index (κ1) is 32.7. The van der Waals surface area contributed by atoms with Gasteiger partial charge in [-0.1, -0.05) is 24.3 Å². The van der Waals surface area contributed by atoms with Crippen molar-refractivity contribution in [3.63, 3.8) is 0 Å². The fraction of sp³-hybridized carbons (Fsp3) is 0.429. The molecule has 1 aromatic carbocycles. The van der Waals surface area contributed by atoms with E-state index in [4.69, 9.17) is 4.74 Å². The fourth-order valence-corrected chi connectivity index (χ4v) is 4.76. The summed E-state index contributed by atoms with van der Waals surface area (Å²) >= 11 is 1.58. The summed E-state index contributed by atoms with van der Waals surface area (Å²) in [5.74, 6) is -0.914. The molecule has 2 heterocycles. The second kappa shape index (κ2) is 16.5. The summed E-state index contributed by atoms with van der Waals surface area (Å²) in [6.45, 7) is 16.2. The van der Waals surface area contributed by atoms with Gasteiger partial charge in [0.15, 0.2) is 0 Å². The lowest BCUT2D eigenvalue weighted by atomic mass is 10.1. The number of aliphatic hydroxyl groups is 1. The predicted octanol–water partition coefficient (Wildman–Crippen LogP) is 3.18. The van der Waals surface area contributed by atoms with Crippen LogP contribution in [0, 0.1) is 6.92 Å². The molecule has 0 saturated carbocycles. The molecule has 0 aliphatic carbocycles. The van der Waals surface area contributed by atoms with Gasteiger partial charge < -0.3 is 25.0 Å². The molecule has 208 valence electrons. The number of methoxy groups -OCH3 is 1. The van der Waals surface area contributed by atoms with Gasteiger partial charge in [0.05, 0.1) is 35.2 Å². The lowest BCUT2D eigenvalue weighted by Gasteiger charge is -2.31. The highest BCUT2D eigenvalue weighted by Crippen LogP contribution is 2.27. The first-order valence-corrected chi connectivity index (χ1v) is 13.1. The van der Waals surface area contributed by atoms with Crippen LogP contribution in [0.2, 0.25) is 0 Å². The summed E-state index contributed by atoms with van der Waals surface area (Å²) in [5.41, 5.74) is 4.79. The Kier molecular flexibility index (Phi) is 14.2. The number of likely N-dealkylation sites (tertiary alicyclic amines) is 1. The molecule has 10 heteroatoms. The number of nitrogens with zero attached hydrogens (tertiary/aromatic N) is 3. The summed E-state index contributed by atoms with van der Waals surface area (Å²) in [5, 5.41) is 13.0. The molecule has 3 rings (SSSR count). The van der Waals surface area contributed by atoms with Crippen LogP contribution in [0.5, 0.6) is 0 Å². The number of thiazole rings is 1. The van der Waals surface area contributed by atoms with Gasteiger partial charge in [-0.3, -0.25) is 14.4 Å². The maximum atomic E-state index is 13.1. The highest BCUT2D eigenvalue weighted by molar-refractivity contribution is 7.13. The van der Waals surface area contributed by atoms with Crippen molar-refractivity contribution in [2.24, 2.45) is 0 Å².